The topological polar surface area (TPSA) is 59.6 Å². The summed E-state index contributed by atoms with van der Waals surface area (Å²) in [5, 5.41) is 5.99. The van der Waals surface area contributed by atoms with Crippen LogP contribution < -0.4 is 10.6 Å². The van der Waals surface area contributed by atoms with Gasteiger partial charge in [-0.25, -0.2) is 0 Å². The van der Waals surface area contributed by atoms with Crippen molar-refractivity contribution in [2.24, 2.45) is 0 Å². The summed E-state index contributed by atoms with van der Waals surface area (Å²) in [6.45, 7) is 3.00. The van der Waals surface area contributed by atoms with Crippen LogP contribution in [0.3, 0.4) is 0 Å². The monoisotopic (exact) mass is 214 g/mol. The summed E-state index contributed by atoms with van der Waals surface area (Å²) in [5.74, 6) is 0.0780. The fraction of sp³-hybridized carbons (Fsp3) is 0.900. The minimum absolute atomic E-state index is 0.0780. The lowest BCUT2D eigenvalue weighted by Gasteiger charge is -2.23. The number of nitrogens with one attached hydrogen (secondary N) is 2. The maximum atomic E-state index is 11.3. The molecule has 1 aliphatic carbocycles. The van der Waals surface area contributed by atoms with Gasteiger partial charge < -0.3 is 20.1 Å². The molecule has 1 heterocycles. The Morgan fingerprint density at radius 3 is 2.87 bits per heavy atom. The molecule has 0 bridgehead atoms. The molecule has 2 aliphatic rings. The average molecular weight is 214 g/mol. The Hall–Kier alpha value is -0.650. The Balaban J connectivity index is 1.51. The summed E-state index contributed by atoms with van der Waals surface area (Å²) >= 11 is 0. The molecule has 86 valence electrons. The van der Waals surface area contributed by atoms with Crippen molar-refractivity contribution in [2.75, 3.05) is 32.9 Å². The second-order valence-electron chi connectivity index (χ2n) is 4.04. The first-order valence-corrected chi connectivity index (χ1v) is 5.54. The van der Waals surface area contributed by atoms with Crippen molar-refractivity contribution >= 4 is 5.91 Å². The molecule has 15 heavy (non-hydrogen) atoms. The second kappa shape index (κ2) is 5.44. The van der Waals surface area contributed by atoms with Crippen LogP contribution in [-0.2, 0) is 14.3 Å². The van der Waals surface area contributed by atoms with Crippen LogP contribution in [0.5, 0.6) is 0 Å². The Kier molecular flexibility index (Phi) is 3.94. The summed E-state index contributed by atoms with van der Waals surface area (Å²) in [6.07, 6.45) is 2.35. The van der Waals surface area contributed by atoms with Crippen LogP contribution in [0.15, 0.2) is 0 Å². The van der Waals surface area contributed by atoms with E-state index in [1.54, 1.807) is 0 Å². The van der Waals surface area contributed by atoms with E-state index >= 15 is 0 Å². The zero-order chi connectivity index (χ0) is 10.5. The molecule has 5 nitrogen and oxygen atoms in total. The SMILES string of the molecule is O=C(CNCC1COCCO1)NC1CC1. The third-order valence-corrected chi connectivity index (χ3v) is 2.48. The first-order chi connectivity index (χ1) is 7.34. The highest BCUT2D eigenvalue weighted by molar-refractivity contribution is 5.78. The highest BCUT2D eigenvalue weighted by Gasteiger charge is 2.23. The van der Waals surface area contributed by atoms with E-state index in [1.165, 1.54) is 0 Å². The summed E-state index contributed by atoms with van der Waals surface area (Å²) in [7, 11) is 0. The van der Waals surface area contributed by atoms with Gasteiger partial charge in [0.2, 0.25) is 5.91 Å². The van der Waals surface area contributed by atoms with Crippen LogP contribution in [0.25, 0.3) is 0 Å². The predicted octanol–water partition coefficient (Wildman–Crippen LogP) is -0.730. The van der Waals surface area contributed by atoms with Gasteiger partial charge in [-0.15, -0.1) is 0 Å². The Bertz CT molecular complexity index is 213. The number of hydrogen-bond donors (Lipinski definition) is 2. The molecule has 1 saturated carbocycles. The first kappa shape index (κ1) is 10.9. The van der Waals surface area contributed by atoms with Gasteiger partial charge >= 0.3 is 0 Å². The van der Waals surface area contributed by atoms with E-state index in [0.717, 1.165) is 12.8 Å². The lowest BCUT2D eigenvalue weighted by atomic mass is 10.3. The Morgan fingerprint density at radius 2 is 2.20 bits per heavy atom. The molecule has 2 N–H and O–H groups in total. The van der Waals surface area contributed by atoms with Crippen molar-refractivity contribution < 1.29 is 14.3 Å². The van der Waals surface area contributed by atoms with E-state index in [2.05, 4.69) is 10.6 Å². The molecule has 0 aromatic heterocycles. The molecule has 1 unspecified atom stereocenters. The molecule has 5 heteroatoms. The quantitative estimate of drug-likeness (QED) is 0.633. The van der Waals surface area contributed by atoms with Crippen molar-refractivity contribution in [1.29, 1.82) is 0 Å². The van der Waals surface area contributed by atoms with Crippen molar-refractivity contribution in [1.82, 2.24) is 10.6 Å². The van der Waals surface area contributed by atoms with Crippen molar-refractivity contribution in [2.45, 2.75) is 25.0 Å². The lowest BCUT2D eigenvalue weighted by molar-refractivity contribution is -0.120. The van der Waals surface area contributed by atoms with Gasteiger partial charge in [-0.05, 0) is 12.8 Å². The number of amides is 1. The lowest BCUT2D eigenvalue weighted by Crippen LogP contribution is -2.41. The highest BCUT2D eigenvalue weighted by atomic mass is 16.6. The van der Waals surface area contributed by atoms with Gasteiger partial charge in [0.25, 0.3) is 0 Å². The van der Waals surface area contributed by atoms with Crippen LogP contribution in [0.1, 0.15) is 12.8 Å². The van der Waals surface area contributed by atoms with Crippen molar-refractivity contribution in [3.8, 4) is 0 Å². The van der Waals surface area contributed by atoms with E-state index in [0.29, 0.717) is 39.0 Å². The summed E-state index contributed by atoms with van der Waals surface area (Å²) in [4.78, 5) is 11.3. The molecular formula is C10H18N2O3. The Morgan fingerprint density at radius 1 is 1.33 bits per heavy atom. The van der Waals surface area contributed by atoms with E-state index in [9.17, 15) is 4.79 Å². The summed E-state index contributed by atoms with van der Waals surface area (Å²) in [6, 6.07) is 0.438. The van der Waals surface area contributed by atoms with Gasteiger partial charge in [-0.1, -0.05) is 0 Å². The van der Waals surface area contributed by atoms with Gasteiger partial charge in [-0.3, -0.25) is 4.79 Å². The molecular weight excluding hydrogens is 196 g/mol. The molecule has 1 atom stereocenters. The van der Waals surface area contributed by atoms with E-state index < -0.39 is 0 Å². The van der Waals surface area contributed by atoms with E-state index in [-0.39, 0.29) is 12.0 Å². The van der Waals surface area contributed by atoms with Crippen LogP contribution in [0.2, 0.25) is 0 Å². The molecule has 0 radical (unpaired) electrons. The molecule has 1 saturated heterocycles. The zero-order valence-corrected chi connectivity index (χ0v) is 8.83. The first-order valence-electron chi connectivity index (χ1n) is 5.54. The number of ether oxygens (including phenoxy) is 2. The van der Waals surface area contributed by atoms with Crippen LogP contribution in [0.4, 0.5) is 0 Å². The summed E-state index contributed by atoms with van der Waals surface area (Å²) in [5.41, 5.74) is 0. The van der Waals surface area contributed by atoms with Crippen molar-refractivity contribution in [3.63, 3.8) is 0 Å². The van der Waals surface area contributed by atoms with Crippen LogP contribution in [-0.4, -0.2) is 51.0 Å². The van der Waals surface area contributed by atoms with Gasteiger partial charge in [0, 0.05) is 12.6 Å². The normalized spacial score (nSPS) is 26.3. The minimum atomic E-state index is 0.0780. The smallest absolute Gasteiger partial charge is 0.234 e. The van der Waals surface area contributed by atoms with Gasteiger partial charge in [0.1, 0.15) is 0 Å². The van der Waals surface area contributed by atoms with Gasteiger partial charge in [-0.2, -0.15) is 0 Å². The molecule has 2 fully saturated rings. The van der Waals surface area contributed by atoms with E-state index in [4.69, 9.17) is 9.47 Å². The number of carbonyl (C=O) groups is 1. The predicted molar refractivity (Wildman–Crippen MR) is 54.6 cm³/mol. The number of hydrogen-bond acceptors (Lipinski definition) is 4. The van der Waals surface area contributed by atoms with Crippen LogP contribution >= 0.6 is 0 Å². The molecule has 1 aliphatic heterocycles. The second-order valence-corrected chi connectivity index (χ2v) is 4.04. The molecule has 0 aromatic carbocycles. The third kappa shape index (κ3) is 4.15. The maximum absolute atomic E-state index is 11.3. The Labute approximate surface area is 89.5 Å². The third-order valence-electron chi connectivity index (χ3n) is 2.48. The molecule has 0 spiro atoms. The number of carbonyl (C=O) groups excluding carboxylic acids is 1. The van der Waals surface area contributed by atoms with E-state index in [1.807, 2.05) is 0 Å². The van der Waals surface area contributed by atoms with Crippen molar-refractivity contribution in [3.05, 3.63) is 0 Å². The average Bonchev–Trinajstić information content (AvgIpc) is 3.03. The minimum Gasteiger partial charge on any atom is -0.376 e. The largest absolute Gasteiger partial charge is 0.376 e. The maximum Gasteiger partial charge on any atom is 0.234 e. The molecule has 0 aromatic rings. The van der Waals surface area contributed by atoms with Gasteiger partial charge in [0.15, 0.2) is 0 Å². The molecule has 2 rings (SSSR count). The fourth-order valence-corrected chi connectivity index (χ4v) is 1.51. The van der Waals surface area contributed by atoms with Crippen LogP contribution in [0, 0.1) is 0 Å². The summed E-state index contributed by atoms with van der Waals surface area (Å²) < 4.78 is 10.7. The zero-order valence-electron chi connectivity index (χ0n) is 8.83. The highest BCUT2D eigenvalue weighted by Crippen LogP contribution is 2.18. The number of rotatable bonds is 5. The van der Waals surface area contributed by atoms with Gasteiger partial charge in [0.05, 0.1) is 32.5 Å². The standard InChI is InChI=1S/C10H18N2O3/c13-10(12-8-1-2-8)6-11-5-9-7-14-3-4-15-9/h8-9,11H,1-7H2,(H,12,13). The fourth-order valence-electron chi connectivity index (χ4n) is 1.51. The molecule has 1 amide bonds.